The van der Waals surface area contributed by atoms with E-state index in [9.17, 15) is 9.59 Å². The van der Waals surface area contributed by atoms with Gasteiger partial charge in [0, 0.05) is 43.5 Å². The lowest BCUT2D eigenvalue weighted by molar-refractivity contribution is -0.136. The van der Waals surface area contributed by atoms with Crippen LogP contribution in [0.1, 0.15) is 32.3 Å². The first-order valence-corrected chi connectivity index (χ1v) is 12.8. The molecule has 1 aromatic carbocycles. The summed E-state index contributed by atoms with van der Waals surface area (Å²) in [4.78, 5) is 41.3. The van der Waals surface area contributed by atoms with E-state index in [0.717, 1.165) is 16.9 Å². The number of amides is 3. The van der Waals surface area contributed by atoms with Crippen LogP contribution in [0.3, 0.4) is 0 Å². The van der Waals surface area contributed by atoms with Crippen LogP contribution in [0.25, 0.3) is 11.1 Å². The molecule has 0 saturated carbocycles. The average Bonchev–Trinajstić information content (AvgIpc) is 3.56. The van der Waals surface area contributed by atoms with Gasteiger partial charge in [-0.2, -0.15) is 10.1 Å². The molecule has 4 heterocycles. The molecule has 3 aromatic rings. The van der Waals surface area contributed by atoms with Crippen molar-refractivity contribution in [1.29, 1.82) is 0 Å². The molecule has 0 unspecified atom stereocenters. The van der Waals surface area contributed by atoms with Gasteiger partial charge in [-0.3, -0.25) is 14.8 Å². The summed E-state index contributed by atoms with van der Waals surface area (Å²) in [5.41, 5.74) is 1.97. The van der Waals surface area contributed by atoms with Crippen LogP contribution in [0.2, 0.25) is 0 Å². The van der Waals surface area contributed by atoms with Crippen molar-refractivity contribution < 1.29 is 19.1 Å². The minimum absolute atomic E-state index is 0.0618. The summed E-state index contributed by atoms with van der Waals surface area (Å²) < 4.78 is 11.0. The number of nitrogens with one attached hydrogen (secondary N) is 1. The molecule has 2 aromatic heterocycles. The van der Waals surface area contributed by atoms with Crippen molar-refractivity contribution >= 4 is 17.9 Å². The highest BCUT2D eigenvalue weighted by atomic mass is 16.5. The van der Waals surface area contributed by atoms with Crippen molar-refractivity contribution in [2.75, 3.05) is 38.8 Å². The number of hydrogen-bond acceptors (Lipinski definition) is 7. The van der Waals surface area contributed by atoms with Gasteiger partial charge in [-0.05, 0) is 30.5 Å². The van der Waals surface area contributed by atoms with E-state index in [4.69, 9.17) is 9.47 Å². The number of aromatic amines is 1. The molecule has 0 bridgehead atoms. The SMILES string of the molecule is COc1cccc(CN2C(=O)N(c3ncc(-c4cn[nH]c4)c(OC)n3)CC23CCN(C(=O)C(C)C)CC3)c1. The lowest BCUT2D eigenvalue weighted by atomic mass is 9.86. The molecular weight excluding hydrogens is 486 g/mol. The number of likely N-dealkylation sites (tertiary alicyclic amines) is 1. The minimum Gasteiger partial charge on any atom is -0.497 e. The van der Waals surface area contributed by atoms with Crippen LogP contribution in [0.5, 0.6) is 11.6 Å². The first-order valence-electron chi connectivity index (χ1n) is 12.8. The molecule has 200 valence electrons. The van der Waals surface area contributed by atoms with Gasteiger partial charge in [0.2, 0.25) is 17.7 Å². The number of hydrogen-bond donors (Lipinski definition) is 1. The maximum Gasteiger partial charge on any atom is 0.327 e. The van der Waals surface area contributed by atoms with E-state index in [2.05, 4.69) is 20.2 Å². The number of carbonyl (C=O) groups excluding carboxylic acids is 2. The first kappa shape index (κ1) is 25.5. The number of benzene rings is 1. The van der Waals surface area contributed by atoms with E-state index in [1.807, 2.05) is 47.9 Å². The van der Waals surface area contributed by atoms with E-state index in [1.165, 1.54) is 0 Å². The summed E-state index contributed by atoms with van der Waals surface area (Å²) >= 11 is 0. The highest BCUT2D eigenvalue weighted by Gasteiger charge is 2.52. The number of anilines is 1. The molecule has 11 heteroatoms. The van der Waals surface area contributed by atoms with Crippen molar-refractivity contribution in [1.82, 2.24) is 30.0 Å². The molecule has 38 heavy (non-hydrogen) atoms. The smallest absolute Gasteiger partial charge is 0.327 e. The molecule has 5 rings (SSSR count). The highest BCUT2D eigenvalue weighted by Crippen LogP contribution is 2.40. The molecule has 2 aliphatic rings. The Labute approximate surface area is 221 Å². The molecule has 1 spiro atoms. The lowest BCUT2D eigenvalue weighted by Crippen LogP contribution is -2.55. The number of piperidine rings is 1. The van der Waals surface area contributed by atoms with Crippen LogP contribution >= 0.6 is 0 Å². The number of nitrogens with zero attached hydrogens (tertiary/aromatic N) is 6. The van der Waals surface area contributed by atoms with Gasteiger partial charge in [0.1, 0.15) is 5.75 Å². The van der Waals surface area contributed by atoms with Gasteiger partial charge in [-0.15, -0.1) is 0 Å². The van der Waals surface area contributed by atoms with E-state index in [0.29, 0.717) is 50.5 Å². The minimum atomic E-state index is -0.465. The van der Waals surface area contributed by atoms with E-state index in [1.54, 1.807) is 37.7 Å². The monoisotopic (exact) mass is 519 g/mol. The Hall–Kier alpha value is -4.15. The van der Waals surface area contributed by atoms with Crippen molar-refractivity contribution in [2.24, 2.45) is 5.92 Å². The molecule has 2 saturated heterocycles. The predicted octanol–water partition coefficient (Wildman–Crippen LogP) is 3.34. The number of urea groups is 1. The molecule has 0 radical (unpaired) electrons. The van der Waals surface area contributed by atoms with E-state index < -0.39 is 5.54 Å². The predicted molar refractivity (Wildman–Crippen MR) is 141 cm³/mol. The van der Waals surface area contributed by atoms with Gasteiger partial charge < -0.3 is 19.3 Å². The average molecular weight is 520 g/mol. The van der Waals surface area contributed by atoms with Gasteiger partial charge in [0.25, 0.3) is 0 Å². The number of ether oxygens (including phenoxy) is 2. The summed E-state index contributed by atoms with van der Waals surface area (Å²) in [7, 11) is 3.17. The summed E-state index contributed by atoms with van der Waals surface area (Å²) in [5.74, 6) is 1.46. The maximum atomic E-state index is 14.0. The molecule has 11 nitrogen and oxygen atoms in total. The zero-order valence-corrected chi connectivity index (χ0v) is 22.2. The second-order valence-electron chi connectivity index (χ2n) is 10.1. The number of aromatic nitrogens is 4. The Morgan fingerprint density at radius 2 is 1.95 bits per heavy atom. The fourth-order valence-electron chi connectivity index (χ4n) is 5.32. The quantitative estimate of drug-likeness (QED) is 0.509. The van der Waals surface area contributed by atoms with Crippen LogP contribution in [-0.4, -0.2) is 81.3 Å². The van der Waals surface area contributed by atoms with Crippen LogP contribution in [0, 0.1) is 5.92 Å². The van der Waals surface area contributed by atoms with Gasteiger partial charge in [-0.1, -0.05) is 26.0 Å². The normalized spacial score (nSPS) is 17.0. The summed E-state index contributed by atoms with van der Waals surface area (Å²) in [6.45, 7) is 5.86. The number of methoxy groups -OCH3 is 2. The standard InChI is InChI=1S/C27H33N7O4/c1-18(2)24(35)32-10-8-27(9-11-32)17-33(26(36)34(27)16-19-6-5-7-21(12-19)37-3)25-28-15-22(23(31-25)38-4)20-13-29-30-14-20/h5-7,12-15,18H,8-11,16-17H2,1-4H3,(H,29,30). The van der Waals surface area contributed by atoms with Gasteiger partial charge in [0.05, 0.1) is 38.1 Å². The van der Waals surface area contributed by atoms with E-state index in [-0.39, 0.29) is 23.8 Å². The number of H-pyrrole nitrogens is 1. The Morgan fingerprint density at radius 1 is 1.16 bits per heavy atom. The lowest BCUT2D eigenvalue weighted by Gasteiger charge is -2.44. The Bertz CT molecular complexity index is 1300. The van der Waals surface area contributed by atoms with Crippen LogP contribution in [0.4, 0.5) is 10.7 Å². The molecule has 0 atom stereocenters. The number of rotatable bonds is 7. The molecule has 2 aliphatic heterocycles. The molecule has 3 amide bonds. The Balaban J connectivity index is 1.47. The highest BCUT2D eigenvalue weighted by molar-refractivity contribution is 5.94. The first-order chi connectivity index (χ1) is 18.3. The molecule has 0 aliphatic carbocycles. The second kappa shape index (κ2) is 10.3. The third-order valence-electron chi connectivity index (χ3n) is 7.45. The van der Waals surface area contributed by atoms with E-state index >= 15 is 0 Å². The van der Waals surface area contributed by atoms with Crippen molar-refractivity contribution in [3.05, 3.63) is 48.4 Å². The van der Waals surface area contributed by atoms with Gasteiger partial charge in [0.15, 0.2) is 0 Å². The Morgan fingerprint density at radius 3 is 2.61 bits per heavy atom. The Kier molecular flexibility index (Phi) is 6.92. The fourth-order valence-corrected chi connectivity index (χ4v) is 5.32. The van der Waals surface area contributed by atoms with Crippen LogP contribution < -0.4 is 14.4 Å². The van der Waals surface area contributed by atoms with Gasteiger partial charge >= 0.3 is 6.03 Å². The van der Waals surface area contributed by atoms with Crippen LogP contribution in [0.15, 0.2) is 42.9 Å². The maximum absolute atomic E-state index is 14.0. The third-order valence-corrected chi connectivity index (χ3v) is 7.45. The second-order valence-corrected chi connectivity index (χ2v) is 10.1. The van der Waals surface area contributed by atoms with Crippen molar-refractivity contribution in [2.45, 2.75) is 38.8 Å². The summed E-state index contributed by atoms with van der Waals surface area (Å²) in [6.07, 6.45) is 6.39. The zero-order valence-electron chi connectivity index (χ0n) is 22.2. The van der Waals surface area contributed by atoms with Gasteiger partial charge in [-0.25, -0.2) is 9.78 Å². The van der Waals surface area contributed by atoms with Crippen molar-refractivity contribution in [3.63, 3.8) is 0 Å². The zero-order chi connectivity index (χ0) is 26.9. The summed E-state index contributed by atoms with van der Waals surface area (Å²) in [6, 6.07) is 7.57. The topological polar surface area (TPSA) is 117 Å². The molecule has 1 N–H and O–H groups in total. The molecular formula is C27H33N7O4. The van der Waals surface area contributed by atoms with Crippen LogP contribution in [-0.2, 0) is 11.3 Å². The summed E-state index contributed by atoms with van der Waals surface area (Å²) in [5, 5.41) is 6.77. The fraction of sp³-hybridized carbons (Fsp3) is 0.444. The van der Waals surface area contributed by atoms with Crippen molar-refractivity contribution in [3.8, 4) is 22.8 Å². The number of carbonyl (C=O) groups is 2. The molecule has 2 fully saturated rings. The third kappa shape index (κ3) is 4.64. The largest absolute Gasteiger partial charge is 0.497 e.